The highest BCUT2D eigenvalue weighted by Crippen LogP contribution is 2.19. The van der Waals surface area contributed by atoms with E-state index in [-0.39, 0.29) is 6.03 Å². The number of aromatic nitrogens is 1. The van der Waals surface area contributed by atoms with Crippen LogP contribution in [0.4, 0.5) is 15.6 Å². The summed E-state index contributed by atoms with van der Waals surface area (Å²) < 4.78 is 0. The molecule has 0 aliphatic carbocycles. The maximum Gasteiger partial charge on any atom is 0.325 e. The molecule has 5 heteroatoms. The summed E-state index contributed by atoms with van der Waals surface area (Å²) in [5.74, 6) is 0. The number of carbonyl (C=O) groups is 1. The fraction of sp³-hybridized carbons (Fsp3) is 0.231. The number of nitrogens with one attached hydrogen (secondary N) is 2. The molecule has 0 spiro atoms. The van der Waals surface area contributed by atoms with Crippen LogP contribution in [0.3, 0.4) is 0 Å². The van der Waals surface area contributed by atoms with Crippen LogP contribution in [0.25, 0.3) is 0 Å². The summed E-state index contributed by atoms with van der Waals surface area (Å²) in [6.45, 7) is 5.95. The van der Waals surface area contributed by atoms with Gasteiger partial charge in [0.05, 0.1) is 0 Å². The number of nitrogens with zero attached hydrogens (tertiary/aromatic N) is 1. The highest BCUT2D eigenvalue weighted by atomic mass is 32.1. The van der Waals surface area contributed by atoms with Gasteiger partial charge >= 0.3 is 6.03 Å². The summed E-state index contributed by atoms with van der Waals surface area (Å²) in [5, 5.41) is 6.15. The number of urea groups is 1. The van der Waals surface area contributed by atoms with Crippen LogP contribution in [0.2, 0.25) is 0 Å². The molecule has 0 bridgehead atoms. The van der Waals surface area contributed by atoms with E-state index in [1.54, 1.807) is 6.20 Å². The lowest BCUT2D eigenvalue weighted by atomic mass is 10.1. The first-order valence-electron chi connectivity index (χ1n) is 5.63. The Morgan fingerprint density at radius 2 is 2.00 bits per heavy atom. The van der Waals surface area contributed by atoms with E-state index in [4.69, 9.17) is 0 Å². The number of amides is 2. The van der Waals surface area contributed by atoms with Crippen molar-refractivity contribution in [3.8, 4) is 0 Å². The Hall–Kier alpha value is -1.88. The SMILES string of the molecule is Cc1cnc(NC(=O)Nc2cccc(C)c2C)s1. The molecule has 2 amide bonds. The zero-order chi connectivity index (χ0) is 13.1. The molecule has 1 aromatic heterocycles. The molecule has 1 heterocycles. The zero-order valence-electron chi connectivity index (χ0n) is 10.6. The molecule has 0 atom stereocenters. The summed E-state index contributed by atoms with van der Waals surface area (Å²) in [6, 6.07) is 5.56. The number of hydrogen-bond donors (Lipinski definition) is 2. The van der Waals surface area contributed by atoms with E-state index in [1.807, 2.05) is 39.0 Å². The van der Waals surface area contributed by atoms with Gasteiger partial charge < -0.3 is 5.32 Å². The third kappa shape index (κ3) is 2.87. The van der Waals surface area contributed by atoms with Gasteiger partial charge in [-0.2, -0.15) is 0 Å². The predicted molar refractivity (Wildman–Crippen MR) is 75.4 cm³/mol. The Morgan fingerprint density at radius 1 is 1.22 bits per heavy atom. The van der Waals surface area contributed by atoms with Crippen molar-refractivity contribution < 1.29 is 4.79 Å². The highest BCUT2D eigenvalue weighted by molar-refractivity contribution is 7.15. The molecular weight excluding hydrogens is 246 g/mol. The summed E-state index contributed by atoms with van der Waals surface area (Å²) in [6.07, 6.45) is 1.73. The number of hydrogen-bond acceptors (Lipinski definition) is 3. The van der Waals surface area contributed by atoms with Crippen LogP contribution < -0.4 is 10.6 Å². The second kappa shape index (κ2) is 5.18. The van der Waals surface area contributed by atoms with Crippen LogP contribution in [-0.4, -0.2) is 11.0 Å². The number of thiazole rings is 1. The number of aryl methyl sites for hydroxylation is 2. The molecule has 1 aromatic carbocycles. The summed E-state index contributed by atoms with van der Waals surface area (Å²) in [4.78, 5) is 16.9. The van der Waals surface area contributed by atoms with Crippen LogP contribution in [0.15, 0.2) is 24.4 Å². The third-order valence-corrected chi connectivity index (χ3v) is 3.52. The maximum atomic E-state index is 11.8. The van der Waals surface area contributed by atoms with Gasteiger partial charge in [-0.1, -0.05) is 12.1 Å². The molecule has 0 unspecified atom stereocenters. The standard InChI is InChI=1S/C13H15N3OS/c1-8-5-4-6-11(10(8)3)15-12(17)16-13-14-7-9(2)18-13/h4-7H,1-3H3,(H2,14,15,16,17). The van der Waals surface area contributed by atoms with Crippen molar-refractivity contribution in [1.29, 1.82) is 0 Å². The second-order valence-corrected chi connectivity index (χ2v) is 5.34. The Bertz CT molecular complexity index is 577. The van der Waals surface area contributed by atoms with E-state index in [9.17, 15) is 4.79 Å². The van der Waals surface area contributed by atoms with Crippen LogP contribution in [0.1, 0.15) is 16.0 Å². The van der Waals surface area contributed by atoms with Gasteiger partial charge in [0.2, 0.25) is 0 Å². The lowest BCUT2D eigenvalue weighted by Crippen LogP contribution is -2.19. The monoisotopic (exact) mass is 261 g/mol. The normalized spacial score (nSPS) is 10.2. The van der Waals surface area contributed by atoms with E-state index in [2.05, 4.69) is 15.6 Å². The molecule has 4 nitrogen and oxygen atoms in total. The third-order valence-electron chi connectivity index (χ3n) is 2.69. The topological polar surface area (TPSA) is 54.0 Å². The van der Waals surface area contributed by atoms with Gasteiger partial charge in [-0.3, -0.25) is 5.32 Å². The fourth-order valence-electron chi connectivity index (χ4n) is 1.55. The molecule has 2 rings (SSSR count). The van der Waals surface area contributed by atoms with E-state index in [0.29, 0.717) is 5.13 Å². The largest absolute Gasteiger partial charge is 0.325 e. The average Bonchev–Trinajstić information content (AvgIpc) is 2.70. The molecule has 18 heavy (non-hydrogen) atoms. The number of rotatable bonds is 2. The van der Waals surface area contributed by atoms with Gasteiger partial charge in [0.25, 0.3) is 0 Å². The summed E-state index contributed by atoms with van der Waals surface area (Å²) >= 11 is 1.45. The van der Waals surface area contributed by atoms with Crippen molar-refractivity contribution in [3.05, 3.63) is 40.4 Å². The second-order valence-electron chi connectivity index (χ2n) is 4.10. The number of benzene rings is 1. The lowest BCUT2D eigenvalue weighted by Gasteiger charge is -2.10. The first-order chi connectivity index (χ1) is 8.56. The van der Waals surface area contributed by atoms with Crippen LogP contribution in [0.5, 0.6) is 0 Å². The first-order valence-corrected chi connectivity index (χ1v) is 6.44. The minimum atomic E-state index is -0.266. The highest BCUT2D eigenvalue weighted by Gasteiger charge is 2.07. The Morgan fingerprint density at radius 3 is 2.67 bits per heavy atom. The quantitative estimate of drug-likeness (QED) is 0.865. The van der Waals surface area contributed by atoms with Crippen molar-refractivity contribution in [1.82, 2.24) is 4.98 Å². The molecule has 94 valence electrons. The minimum Gasteiger partial charge on any atom is -0.307 e. The van der Waals surface area contributed by atoms with Gasteiger partial charge in [-0.15, -0.1) is 11.3 Å². The van der Waals surface area contributed by atoms with Gasteiger partial charge in [0.15, 0.2) is 5.13 Å². The summed E-state index contributed by atoms with van der Waals surface area (Å²) in [7, 11) is 0. The minimum absolute atomic E-state index is 0.266. The molecular formula is C13H15N3OS. The van der Waals surface area contributed by atoms with E-state index < -0.39 is 0 Å². The van der Waals surface area contributed by atoms with Crippen molar-refractivity contribution >= 4 is 28.2 Å². The molecule has 0 aliphatic heterocycles. The van der Waals surface area contributed by atoms with Gasteiger partial charge in [0.1, 0.15) is 0 Å². The Balaban J connectivity index is 2.05. The number of anilines is 2. The van der Waals surface area contributed by atoms with Gasteiger partial charge in [0, 0.05) is 16.8 Å². The Kier molecular flexibility index (Phi) is 3.62. The maximum absolute atomic E-state index is 11.8. The van der Waals surface area contributed by atoms with Crippen LogP contribution >= 0.6 is 11.3 Å². The molecule has 0 radical (unpaired) electrons. The van der Waals surface area contributed by atoms with E-state index in [1.165, 1.54) is 11.3 Å². The molecule has 2 aromatic rings. The van der Waals surface area contributed by atoms with Gasteiger partial charge in [-0.05, 0) is 38.0 Å². The van der Waals surface area contributed by atoms with Crippen LogP contribution in [-0.2, 0) is 0 Å². The molecule has 0 fully saturated rings. The van der Waals surface area contributed by atoms with Crippen molar-refractivity contribution in [2.24, 2.45) is 0 Å². The zero-order valence-corrected chi connectivity index (χ0v) is 11.4. The molecule has 0 saturated heterocycles. The fourth-order valence-corrected chi connectivity index (χ4v) is 2.21. The van der Waals surface area contributed by atoms with Crippen molar-refractivity contribution in [3.63, 3.8) is 0 Å². The first kappa shape index (κ1) is 12.6. The molecule has 2 N–H and O–H groups in total. The molecule has 0 aliphatic rings. The lowest BCUT2D eigenvalue weighted by molar-refractivity contribution is 0.262. The van der Waals surface area contributed by atoms with Crippen molar-refractivity contribution in [2.45, 2.75) is 20.8 Å². The van der Waals surface area contributed by atoms with Crippen molar-refractivity contribution in [2.75, 3.05) is 10.6 Å². The van der Waals surface area contributed by atoms with Gasteiger partial charge in [-0.25, -0.2) is 9.78 Å². The van der Waals surface area contributed by atoms with E-state index in [0.717, 1.165) is 21.7 Å². The summed E-state index contributed by atoms with van der Waals surface area (Å²) in [5.41, 5.74) is 3.04. The Labute approximate surface area is 110 Å². The predicted octanol–water partition coefficient (Wildman–Crippen LogP) is 3.71. The average molecular weight is 261 g/mol. The van der Waals surface area contributed by atoms with Crippen LogP contribution in [0, 0.1) is 20.8 Å². The molecule has 0 saturated carbocycles. The smallest absolute Gasteiger partial charge is 0.307 e. The van der Waals surface area contributed by atoms with E-state index >= 15 is 0 Å². The number of carbonyl (C=O) groups excluding carboxylic acids is 1.